The molecule has 0 bridgehead atoms. The van der Waals surface area contributed by atoms with Gasteiger partial charge in [-0.25, -0.2) is 22.9 Å². The number of nitrogens with one attached hydrogen (secondary N) is 3. The molecule has 0 fully saturated rings. The van der Waals surface area contributed by atoms with Crippen molar-refractivity contribution in [1.82, 2.24) is 35.5 Å². The van der Waals surface area contributed by atoms with Crippen LogP contribution in [0, 0.1) is 11.6 Å². The lowest BCUT2D eigenvalue weighted by molar-refractivity contribution is 0.0696. The summed E-state index contributed by atoms with van der Waals surface area (Å²) in [6.07, 6.45) is 3.22. The van der Waals surface area contributed by atoms with Crippen LogP contribution in [0.4, 0.5) is 13.2 Å². The highest BCUT2D eigenvalue weighted by atomic mass is 19.1. The normalized spacial score (nSPS) is 10.7. The molecule has 0 saturated heterocycles. The fourth-order valence-corrected chi connectivity index (χ4v) is 6.41. The molecule has 61 heavy (non-hydrogen) atoms. The Labute approximate surface area is 348 Å². The first kappa shape index (κ1) is 41.1. The Morgan fingerprint density at radius 1 is 0.607 bits per heavy atom. The number of rotatable bonds is 10. The lowest BCUT2D eigenvalue weighted by Gasteiger charge is -2.08. The number of hydrogen-bond acceptors (Lipinski definition) is 6. The predicted molar refractivity (Wildman–Crippen MR) is 225 cm³/mol. The van der Waals surface area contributed by atoms with Crippen molar-refractivity contribution >= 4 is 45.5 Å². The molecule has 6 aromatic carbocycles. The molecule has 15 heteroatoms. The molecule has 12 nitrogen and oxygen atoms in total. The zero-order valence-electron chi connectivity index (χ0n) is 33.5. The lowest BCUT2D eigenvalue weighted by atomic mass is 10.1. The van der Waals surface area contributed by atoms with Crippen LogP contribution in [0.5, 0.6) is 0 Å². The molecule has 2 heterocycles. The Morgan fingerprint density at radius 2 is 1.02 bits per heavy atom. The molecule has 8 rings (SSSR count). The molecular formula is C46H38F3N7O5. The maximum atomic E-state index is 13.2. The van der Waals surface area contributed by atoms with Crippen LogP contribution in [0.15, 0.2) is 146 Å². The predicted octanol–water partition coefficient (Wildman–Crippen LogP) is 7.83. The molecule has 4 N–H and O–H groups in total. The van der Waals surface area contributed by atoms with E-state index >= 15 is 0 Å². The van der Waals surface area contributed by atoms with Crippen molar-refractivity contribution < 1.29 is 38.8 Å². The summed E-state index contributed by atoms with van der Waals surface area (Å²) in [5, 5.41) is 27.4. The molecule has 0 aliphatic carbocycles. The number of aromatic carboxylic acids is 1. The minimum Gasteiger partial charge on any atom is -0.478 e. The van der Waals surface area contributed by atoms with Crippen molar-refractivity contribution in [3.05, 3.63) is 191 Å². The van der Waals surface area contributed by atoms with Gasteiger partial charge in [0.2, 0.25) is 0 Å². The van der Waals surface area contributed by atoms with Gasteiger partial charge in [0.25, 0.3) is 17.7 Å². The molecule has 0 atom stereocenters. The van der Waals surface area contributed by atoms with Gasteiger partial charge in [-0.05, 0) is 108 Å². The van der Waals surface area contributed by atoms with E-state index in [2.05, 4.69) is 26.1 Å². The third kappa shape index (κ3) is 9.97. The summed E-state index contributed by atoms with van der Waals surface area (Å²) < 4.78 is 45.2. The van der Waals surface area contributed by atoms with Crippen LogP contribution in [-0.4, -0.2) is 62.6 Å². The number of amides is 3. The second kappa shape index (κ2) is 19.6. The van der Waals surface area contributed by atoms with Crippen molar-refractivity contribution in [3.63, 3.8) is 0 Å². The van der Waals surface area contributed by atoms with Gasteiger partial charge in [0.15, 0.2) is 0 Å². The van der Waals surface area contributed by atoms with Crippen molar-refractivity contribution in [2.24, 2.45) is 0 Å². The Hall–Kier alpha value is -8.07. The fourth-order valence-electron chi connectivity index (χ4n) is 6.41. The van der Waals surface area contributed by atoms with E-state index < -0.39 is 13.1 Å². The maximum Gasteiger partial charge on any atom is 0.335 e. The average molecular weight is 827 g/mol. The van der Waals surface area contributed by atoms with E-state index in [-0.39, 0.29) is 48.0 Å². The fraction of sp³-hybridized carbons (Fsp3) is 0.0870. The molecule has 0 aliphatic rings. The van der Waals surface area contributed by atoms with Gasteiger partial charge in [-0.15, -0.1) is 0 Å². The minimum absolute atomic E-state index is 0.166. The van der Waals surface area contributed by atoms with Gasteiger partial charge in [0.05, 0.1) is 60.0 Å². The van der Waals surface area contributed by atoms with E-state index in [1.807, 2.05) is 18.2 Å². The number of fused-ring (bicyclic) bond motifs is 2. The van der Waals surface area contributed by atoms with Gasteiger partial charge in [-0.1, -0.05) is 36.4 Å². The molecule has 0 unspecified atom stereocenters. The van der Waals surface area contributed by atoms with Gasteiger partial charge in [0, 0.05) is 36.5 Å². The zero-order chi connectivity index (χ0) is 44.2. The number of carbonyl (C=O) groups excluding carboxylic acids is 3. The molecule has 3 amide bonds. The molecular weight excluding hydrogens is 788 g/mol. The number of aromatic nitrogens is 4. The molecule has 2 aromatic heterocycles. The summed E-state index contributed by atoms with van der Waals surface area (Å²) in [5.74, 6) is -2.40. The van der Waals surface area contributed by atoms with Crippen LogP contribution in [-0.2, 0) is 13.1 Å². The lowest BCUT2D eigenvalue weighted by Crippen LogP contribution is -2.23. The van der Waals surface area contributed by atoms with E-state index in [0.29, 0.717) is 44.4 Å². The van der Waals surface area contributed by atoms with E-state index in [4.69, 9.17) is 6.48 Å². The van der Waals surface area contributed by atoms with Gasteiger partial charge in [0.1, 0.15) is 11.6 Å². The van der Waals surface area contributed by atoms with E-state index in [0.717, 1.165) is 16.6 Å². The molecule has 0 saturated carbocycles. The largest absolute Gasteiger partial charge is 0.478 e. The highest BCUT2D eigenvalue weighted by molar-refractivity contribution is 6.07. The van der Waals surface area contributed by atoms with Gasteiger partial charge < -0.3 is 21.1 Å². The summed E-state index contributed by atoms with van der Waals surface area (Å²) in [5.41, 5.74) is 6.00. The maximum absolute atomic E-state index is 13.2. The molecule has 308 valence electrons. The number of carbonyl (C=O) groups is 4. The highest BCUT2D eigenvalue weighted by Gasteiger charge is 2.16. The Kier molecular flexibility index (Phi) is 13.2. The van der Waals surface area contributed by atoms with Gasteiger partial charge in [-0.2, -0.15) is 10.2 Å². The van der Waals surface area contributed by atoms with Crippen molar-refractivity contribution in [2.75, 3.05) is 14.2 Å². The van der Waals surface area contributed by atoms with Crippen molar-refractivity contribution in [3.8, 4) is 11.4 Å². The Bertz CT molecular complexity index is 2870. The summed E-state index contributed by atoms with van der Waals surface area (Å²) >= 11 is 0. The number of nitrogens with zero attached hydrogens (tertiary/aromatic N) is 4. The van der Waals surface area contributed by atoms with Crippen LogP contribution in [0.2, 0.25) is 0 Å². The van der Waals surface area contributed by atoms with Crippen LogP contribution >= 0.6 is 0 Å². The number of hydrogen-bond donors (Lipinski definition) is 4. The first-order valence-electron chi connectivity index (χ1n) is 19.2. The van der Waals surface area contributed by atoms with E-state index in [9.17, 15) is 32.3 Å². The van der Waals surface area contributed by atoms with Crippen LogP contribution in [0.3, 0.4) is 0 Å². The Balaban J connectivity index is 0.000000195. The number of benzene rings is 6. The number of alkyl halides is 1. The molecule has 0 radical (unpaired) electrons. The van der Waals surface area contributed by atoms with Gasteiger partial charge in [-0.3, -0.25) is 18.8 Å². The number of halogens is 3. The molecule has 0 spiro atoms. The van der Waals surface area contributed by atoms with Crippen LogP contribution in [0.1, 0.15) is 53.9 Å². The van der Waals surface area contributed by atoms with Gasteiger partial charge >= 0.3 is 5.97 Å². The topological polar surface area (TPSA) is 160 Å². The quantitative estimate of drug-likeness (QED) is 0.109. The minimum atomic E-state index is -1.02. The summed E-state index contributed by atoms with van der Waals surface area (Å²) in [7, 11) is 0.573. The third-order valence-electron chi connectivity index (χ3n) is 9.36. The molecule has 8 aromatic rings. The van der Waals surface area contributed by atoms with E-state index in [1.165, 1.54) is 36.4 Å². The van der Waals surface area contributed by atoms with Crippen LogP contribution in [0.25, 0.3) is 33.2 Å². The van der Waals surface area contributed by atoms with Crippen LogP contribution < -0.4 is 16.0 Å². The second-order valence-corrected chi connectivity index (χ2v) is 13.2. The highest BCUT2D eigenvalue weighted by Crippen LogP contribution is 2.24. The SMILES string of the molecule is CNC(=O)c1cccc(CNC(=O)c2cccc3c2cnn3-c2ccc(F)cc2)c1.O=C(O)c1cccc(CNC(=O)c2cccc3c2cnn3-c2ccc(F)cc2)c1.[2H]CF. The summed E-state index contributed by atoms with van der Waals surface area (Å²) in [6, 6.07) is 36.1. The first-order valence-corrected chi connectivity index (χ1v) is 18.5. The number of carboxylic acids is 1. The summed E-state index contributed by atoms with van der Waals surface area (Å²) in [4.78, 5) is 48.4. The molecule has 0 aliphatic heterocycles. The zero-order valence-corrected chi connectivity index (χ0v) is 32.5. The Morgan fingerprint density at radius 3 is 1.44 bits per heavy atom. The van der Waals surface area contributed by atoms with Crippen molar-refractivity contribution in [2.45, 2.75) is 13.1 Å². The summed E-state index contributed by atoms with van der Waals surface area (Å²) in [6.45, 7) is 0.481. The third-order valence-corrected chi connectivity index (χ3v) is 9.36. The second-order valence-electron chi connectivity index (χ2n) is 13.2. The van der Waals surface area contributed by atoms with E-state index in [1.54, 1.807) is 108 Å². The van der Waals surface area contributed by atoms with Crippen molar-refractivity contribution in [1.29, 1.82) is 0 Å². The average Bonchev–Trinajstić information content (AvgIpc) is 3.94. The first-order chi connectivity index (χ1) is 30.0. The standard InChI is InChI=1S/C23H19FN4O2.C22H16FN3O3.CH3F/c1-25-22(29)16-5-2-4-15(12-16)13-26-23(30)19-6-3-7-21-20(19)14-27-28(21)18-10-8-17(24)9-11-18;23-16-7-9-17(10-8-16)26-20-6-2-5-18(19(20)13-25-26)21(27)24-12-14-3-1-4-15(11-14)22(28)29;1-2/h2-12,14H,13H2,1H3,(H,25,29)(H,26,30);1-11,13H,12H2,(H,24,27)(H,28,29);1H3/i;;1D. The smallest absolute Gasteiger partial charge is 0.335 e. The number of carboxylic acid groups (broad SMARTS) is 1. The monoisotopic (exact) mass is 826 g/mol.